The van der Waals surface area contributed by atoms with Crippen LogP contribution in [0.4, 0.5) is 4.39 Å². The van der Waals surface area contributed by atoms with Crippen LogP contribution in [0.1, 0.15) is 23.2 Å². The number of rotatable bonds is 4. The number of hydrogen-bond donors (Lipinski definition) is 2. The Hall–Kier alpha value is -2.90. The summed E-state index contributed by atoms with van der Waals surface area (Å²) in [6, 6.07) is 7.12. The Balaban J connectivity index is 1.86. The largest absolute Gasteiger partial charge is 0.478 e. The molecule has 0 saturated carbocycles. The summed E-state index contributed by atoms with van der Waals surface area (Å²) in [5.74, 6) is -1.98. The summed E-state index contributed by atoms with van der Waals surface area (Å²) in [7, 11) is 0. The highest BCUT2D eigenvalue weighted by Gasteiger charge is 2.18. The number of nitrogens with zero attached hydrogens (tertiary/aromatic N) is 1. The molecule has 2 rings (SSSR count). The van der Waals surface area contributed by atoms with Crippen molar-refractivity contribution in [3.05, 3.63) is 47.6 Å². The minimum atomic E-state index is -1.01. The molecule has 0 aliphatic rings. The summed E-state index contributed by atoms with van der Waals surface area (Å²) in [5, 5.41) is 3.55. The highest BCUT2D eigenvalue weighted by Crippen LogP contribution is 2.16. The molecule has 116 valence electrons. The molecule has 0 aliphatic carbocycles. The van der Waals surface area contributed by atoms with E-state index in [1.165, 1.54) is 31.2 Å². The first kappa shape index (κ1) is 15.5. The molecule has 0 bridgehead atoms. The van der Waals surface area contributed by atoms with Crippen LogP contribution in [0.5, 0.6) is 5.75 Å². The summed E-state index contributed by atoms with van der Waals surface area (Å²) in [5.41, 5.74) is 4.84. The minimum absolute atomic E-state index is 0.0412. The molecule has 7 nitrogen and oxygen atoms in total. The number of ether oxygens (including phenoxy) is 1. The number of carbonyl (C=O) groups excluding carboxylic acids is 2. The first-order chi connectivity index (χ1) is 10.5. The molecule has 2 N–H and O–H groups in total. The van der Waals surface area contributed by atoms with Gasteiger partial charge in [0.05, 0.1) is 5.69 Å². The van der Waals surface area contributed by atoms with E-state index in [0.717, 1.165) is 0 Å². The minimum Gasteiger partial charge on any atom is -0.478 e. The average molecular weight is 307 g/mol. The van der Waals surface area contributed by atoms with Gasteiger partial charge in [0.1, 0.15) is 0 Å². The molecule has 1 unspecified atom stereocenters. The van der Waals surface area contributed by atoms with Crippen molar-refractivity contribution in [2.45, 2.75) is 20.0 Å². The molecule has 0 spiro atoms. The van der Waals surface area contributed by atoms with Crippen LogP contribution in [0.3, 0.4) is 0 Å². The van der Waals surface area contributed by atoms with Gasteiger partial charge in [0.25, 0.3) is 5.91 Å². The van der Waals surface area contributed by atoms with Crippen LogP contribution in [0.25, 0.3) is 0 Å². The van der Waals surface area contributed by atoms with E-state index in [-0.39, 0.29) is 11.5 Å². The third-order valence-electron chi connectivity index (χ3n) is 2.66. The van der Waals surface area contributed by atoms with Crippen LogP contribution in [0.2, 0.25) is 0 Å². The average Bonchev–Trinajstić information content (AvgIpc) is 2.93. The third kappa shape index (κ3) is 3.81. The van der Waals surface area contributed by atoms with Crippen LogP contribution in [-0.4, -0.2) is 23.1 Å². The van der Waals surface area contributed by atoms with E-state index in [4.69, 9.17) is 9.26 Å². The second-order valence-corrected chi connectivity index (χ2v) is 4.47. The van der Waals surface area contributed by atoms with Crippen molar-refractivity contribution in [2.24, 2.45) is 0 Å². The first-order valence-corrected chi connectivity index (χ1v) is 6.42. The van der Waals surface area contributed by atoms with Gasteiger partial charge in [0.2, 0.25) is 5.76 Å². The molecule has 1 heterocycles. The van der Waals surface area contributed by atoms with Crippen LogP contribution < -0.4 is 15.6 Å². The summed E-state index contributed by atoms with van der Waals surface area (Å²) in [6.07, 6.45) is -1.01. The zero-order valence-electron chi connectivity index (χ0n) is 11.9. The van der Waals surface area contributed by atoms with Gasteiger partial charge >= 0.3 is 5.91 Å². The Kier molecular flexibility index (Phi) is 4.72. The van der Waals surface area contributed by atoms with Crippen LogP contribution in [-0.2, 0) is 4.79 Å². The number of carbonyl (C=O) groups is 2. The van der Waals surface area contributed by atoms with E-state index in [9.17, 15) is 14.0 Å². The molecule has 0 fully saturated rings. The van der Waals surface area contributed by atoms with E-state index in [2.05, 4.69) is 16.0 Å². The predicted octanol–water partition coefficient (Wildman–Crippen LogP) is 1.35. The van der Waals surface area contributed by atoms with Crippen molar-refractivity contribution >= 4 is 11.8 Å². The molecule has 0 radical (unpaired) electrons. The molecular weight excluding hydrogens is 293 g/mol. The molecule has 22 heavy (non-hydrogen) atoms. The maximum Gasteiger partial charge on any atom is 0.308 e. The van der Waals surface area contributed by atoms with Crippen molar-refractivity contribution in [1.82, 2.24) is 16.0 Å². The fraction of sp³-hybridized carbons (Fsp3) is 0.214. The molecule has 8 heteroatoms. The number of halogens is 1. The number of para-hydroxylation sites is 1. The van der Waals surface area contributed by atoms with Gasteiger partial charge in [-0.2, -0.15) is 0 Å². The molecule has 2 amide bonds. The van der Waals surface area contributed by atoms with Gasteiger partial charge in [0, 0.05) is 6.07 Å². The van der Waals surface area contributed by atoms with Gasteiger partial charge in [0.15, 0.2) is 17.7 Å². The molecular formula is C14H14FN3O4. The van der Waals surface area contributed by atoms with Gasteiger partial charge < -0.3 is 9.26 Å². The molecule has 0 aliphatic heterocycles. The number of hydrogen-bond acceptors (Lipinski definition) is 5. The van der Waals surface area contributed by atoms with Gasteiger partial charge in [-0.15, -0.1) is 0 Å². The molecule has 0 saturated heterocycles. The van der Waals surface area contributed by atoms with Crippen molar-refractivity contribution in [3.8, 4) is 5.75 Å². The fourth-order valence-electron chi connectivity index (χ4n) is 1.54. The molecule has 1 aromatic carbocycles. The monoisotopic (exact) mass is 307 g/mol. The molecule has 1 atom stereocenters. The molecule has 2 aromatic rings. The zero-order chi connectivity index (χ0) is 16.1. The van der Waals surface area contributed by atoms with E-state index < -0.39 is 23.7 Å². The number of aryl methyl sites for hydroxylation is 1. The molecule has 1 aromatic heterocycles. The highest BCUT2D eigenvalue weighted by atomic mass is 19.1. The van der Waals surface area contributed by atoms with Gasteiger partial charge in [-0.25, -0.2) is 4.39 Å². The van der Waals surface area contributed by atoms with Crippen LogP contribution in [0, 0.1) is 12.7 Å². The topological polar surface area (TPSA) is 93.5 Å². The predicted molar refractivity (Wildman–Crippen MR) is 73.3 cm³/mol. The Bertz CT molecular complexity index is 686. The van der Waals surface area contributed by atoms with E-state index in [0.29, 0.717) is 5.69 Å². The lowest BCUT2D eigenvalue weighted by atomic mass is 10.3. The normalized spacial score (nSPS) is 11.6. The smallest absolute Gasteiger partial charge is 0.308 e. The van der Waals surface area contributed by atoms with Gasteiger partial charge in [-0.05, 0) is 26.0 Å². The van der Waals surface area contributed by atoms with Crippen molar-refractivity contribution in [1.29, 1.82) is 0 Å². The van der Waals surface area contributed by atoms with E-state index >= 15 is 0 Å². The summed E-state index contributed by atoms with van der Waals surface area (Å²) < 4.78 is 23.3. The first-order valence-electron chi connectivity index (χ1n) is 6.42. The highest BCUT2D eigenvalue weighted by molar-refractivity contribution is 5.93. The van der Waals surface area contributed by atoms with Crippen molar-refractivity contribution < 1.29 is 23.2 Å². The Labute approximate surface area is 125 Å². The lowest BCUT2D eigenvalue weighted by Gasteiger charge is -2.15. The number of amides is 2. The number of hydrazine groups is 1. The second-order valence-electron chi connectivity index (χ2n) is 4.47. The Morgan fingerprint density at radius 2 is 2.05 bits per heavy atom. The quantitative estimate of drug-likeness (QED) is 0.832. The number of aromatic nitrogens is 1. The van der Waals surface area contributed by atoms with Gasteiger partial charge in [-0.1, -0.05) is 17.3 Å². The lowest BCUT2D eigenvalue weighted by molar-refractivity contribution is -0.128. The second kappa shape index (κ2) is 6.70. The fourth-order valence-corrected chi connectivity index (χ4v) is 1.54. The van der Waals surface area contributed by atoms with E-state index in [1.54, 1.807) is 13.0 Å². The number of nitrogens with one attached hydrogen (secondary N) is 2. The third-order valence-corrected chi connectivity index (χ3v) is 2.66. The van der Waals surface area contributed by atoms with Gasteiger partial charge in [-0.3, -0.25) is 20.4 Å². The maximum atomic E-state index is 13.4. The summed E-state index contributed by atoms with van der Waals surface area (Å²) in [6.45, 7) is 3.08. The van der Waals surface area contributed by atoms with Crippen LogP contribution >= 0.6 is 0 Å². The Morgan fingerprint density at radius 3 is 2.68 bits per heavy atom. The maximum absolute atomic E-state index is 13.4. The standard InChI is InChI=1S/C14H14FN3O4/c1-8-7-12(22-18-8)14(20)17-16-13(19)9(2)21-11-6-4-3-5-10(11)15/h3-7,9H,1-2H3,(H,16,19)(H,17,20). The lowest BCUT2D eigenvalue weighted by Crippen LogP contribution is -2.47. The Morgan fingerprint density at radius 1 is 1.32 bits per heavy atom. The zero-order valence-corrected chi connectivity index (χ0v) is 11.9. The number of benzene rings is 1. The van der Waals surface area contributed by atoms with E-state index in [1.807, 2.05) is 0 Å². The summed E-state index contributed by atoms with van der Waals surface area (Å²) >= 11 is 0. The van der Waals surface area contributed by atoms with Crippen molar-refractivity contribution in [2.75, 3.05) is 0 Å². The SMILES string of the molecule is Cc1cc(C(=O)NNC(=O)C(C)Oc2ccccc2F)on1. The summed E-state index contributed by atoms with van der Waals surface area (Å²) in [4.78, 5) is 23.4. The van der Waals surface area contributed by atoms with Crippen molar-refractivity contribution in [3.63, 3.8) is 0 Å². The van der Waals surface area contributed by atoms with Crippen LogP contribution in [0.15, 0.2) is 34.9 Å².